The van der Waals surface area contributed by atoms with Gasteiger partial charge < -0.3 is 10.2 Å². The van der Waals surface area contributed by atoms with Crippen LogP contribution in [0.15, 0.2) is 12.1 Å². The van der Waals surface area contributed by atoms with Gasteiger partial charge in [0, 0.05) is 32.2 Å². The molecular weight excluding hydrogens is 250 g/mol. The lowest BCUT2D eigenvalue weighted by atomic mass is 10.2. The molecule has 5 heteroatoms. The summed E-state index contributed by atoms with van der Waals surface area (Å²) >= 11 is 0. The van der Waals surface area contributed by atoms with Crippen LogP contribution in [0.4, 0.5) is 5.82 Å². The van der Waals surface area contributed by atoms with Gasteiger partial charge in [0.05, 0.1) is 5.69 Å². The van der Waals surface area contributed by atoms with Gasteiger partial charge in [-0.2, -0.15) is 5.10 Å². The van der Waals surface area contributed by atoms with Crippen molar-refractivity contribution in [2.45, 2.75) is 39.8 Å². The highest BCUT2D eigenvalue weighted by Gasteiger charge is 2.23. The van der Waals surface area contributed by atoms with Crippen LogP contribution in [0.2, 0.25) is 0 Å². The number of rotatable bonds is 6. The first-order chi connectivity index (χ1) is 9.74. The van der Waals surface area contributed by atoms with Crippen LogP contribution in [0.3, 0.4) is 0 Å². The summed E-state index contributed by atoms with van der Waals surface area (Å²) in [5.74, 6) is 1.01. The number of nitrogens with zero attached hydrogens (tertiary/aromatic N) is 4. The highest BCUT2D eigenvalue weighted by Crippen LogP contribution is 2.16. The van der Waals surface area contributed by atoms with Crippen LogP contribution in [-0.2, 0) is 6.54 Å². The molecule has 0 radical (unpaired) electrons. The van der Waals surface area contributed by atoms with Crippen LogP contribution in [0.5, 0.6) is 0 Å². The largest absolute Gasteiger partial charge is 0.352 e. The zero-order valence-electron chi connectivity index (χ0n) is 13.0. The van der Waals surface area contributed by atoms with Crippen molar-refractivity contribution < 1.29 is 0 Å². The van der Waals surface area contributed by atoms with Crippen LogP contribution in [0, 0.1) is 0 Å². The predicted molar refractivity (Wildman–Crippen MR) is 83.0 cm³/mol. The number of piperazine rings is 1. The number of hydrogen-bond acceptors (Lipinski definition) is 5. The van der Waals surface area contributed by atoms with E-state index in [9.17, 15) is 0 Å². The fraction of sp³-hybridized carbons (Fsp3) is 0.733. The van der Waals surface area contributed by atoms with E-state index >= 15 is 0 Å². The van der Waals surface area contributed by atoms with Crippen molar-refractivity contribution >= 4 is 5.82 Å². The molecule has 1 aromatic heterocycles. The third kappa shape index (κ3) is 3.90. The summed E-state index contributed by atoms with van der Waals surface area (Å²) in [7, 11) is 0. The number of anilines is 1. The van der Waals surface area contributed by atoms with Crippen molar-refractivity contribution in [2.75, 3.05) is 37.6 Å². The second kappa shape index (κ2) is 7.55. The topological polar surface area (TPSA) is 44.3 Å². The Hall–Kier alpha value is -1.20. The Kier molecular flexibility index (Phi) is 5.73. The Morgan fingerprint density at radius 2 is 2.10 bits per heavy atom. The maximum absolute atomic E-state index is 4.38. The minimum absolute atomic E-state index is 0.585. The molecule has 1 aliphatic rings. The highest BCUT2D eigenvalue weighted by molar-refractivity contribution is 5.38. The summed E-state index contributed by atoms with van der Waals surface area (Å²) in [5.41, 5.74) is 1.02. The van der Waals surface area contributed by atoms with E-state index in [0.29, 0.717) is 6.04 Å². The zero-order valence-corrected chi connectivity index (χ0v) is 13.0. The number of aromatic nitrogens is 2. The molecule has 1 N–H and O–H groups in total. The maximum Gasteiger partial charge on any atom is 0.151 e. The molecule has 1 fully saturated rings. The lowest BCUT2D eigenvalue weighted by Gasteiger charge is -2.39. The molecule has 0 aromatic carbocycles. The molecule has 0 amide bonds. The van der Waals surface area contributed by atoms with Gasteiger partial charge in [0.25, 0.3) is 0 Å². The van der Waals surface area contributed by atoms with E-state index in [1.165, 1.54) is 0 Å². The summed E-state index contributed by atoms with van der Waals surface area (Å²) in [6.07, 6.45) is 1.14. The van der Waals surface area contributed by atoms with Crippen molar-refractivity contribution in [3.05, 3.63) is 17.8 Å². The summed E-state index contributed by atoms with van der Waals surface area (Å²) < 4.78 is 0. The van der Waals surface area contributed by atoms with E-state index in [1.807, 2.05) is 0 Å². The molecule has 1 atom stereocenters. The summed E-state index contributed by atoms with van der Waals surface area (Å²) in [6, 6.07) is 4.77. The first-order valence-electron chi connectivity index (χ1n) is 7.77. The Morgan fingerprint density at radius 1 is 1.25 bits per heavy atom. The standard InChI is InChI=1S/C15H27N5/c1-4-8-16-11-14-6-7-15(18-17-14)20-10-9-19(5-2)13(3)12-20/h6-7,13,16H,4-5,8-12H2,1-3H3. The first kappa shape index (κ1) is 15.2. The normalized spacial score (nSPS) is 20.4. The third-order valence-electron chi connectivity index (χ3n) is 3.93. The fourth-order valence-electron chi connectivity index (χ4n) is 2.68. The molecule has 2 heterocycles. The number of nitrogens with one attached hydrogen (secondary N) is 1. The van der Waals surface area contributed by atoms with Crippen molar-refractivity contribution in [1.82, 2.24) is 20.4 Å². The van der Waals surface area contributed by atoms with E-state index in [-0.39, 0.29) is 0 Å². The SMILES string of the molecule is CCCNCc1ccc(N2CCN(CC)C(C)C2)nn1. The van der Waals surface area contributed by atoms with E-state index in [1.54, 1.807) is 0 Å². The van der Waals surface area contributed by atoms with Crippen molar-refractivity contribution in [3.63, 3.8) is 0 Å². The van der Waals surface area contributed by atoms with Crippen molar-refractivity contribution in [3.8, 4) is 0 Å². The van der Waals surface area contributed by atoms with E-state index in [0.717, 1.165) is 57.2 Å². The Morgan fingerprint density at radius 3 is 2.70 bits per heavy atom. The van der Waals surface area contributed by atoms with Gasteiger partial charge in [0.1, 0.15) is 0 Å². The average Bonchev–Trinajstić information content (AvgIpc) is 2.48. The molecule has 2 rings (SSSR count). The summed E-state index contributed by atoms with van der Waals surface area (Å²) in [6.45, 7) is 12.8. The molecule has 112 valence electrons. The van der Waals surface area contributed by atoms with Gasteiger partial charge >= 0.3 is 0 Å². The molecular formula is C15H27N5. The zero-order chi connectivity index (χ0) is 14.4. The minimum atomic E-state index is 0.585. The number of likely N-dealkylation sites (N-methyl/N-ethyl adjacent to an activating group) is 1. The first-order valence-corrected chi connectivity index (χ1v) is 7.77. The van der Waals surface area contributed by atoms with Gasteiger partial charge in [-0.3, -0.25) is 4.90 Å². The van der Waals surface area contributed by atoms with Gasteiger partial charge in [-0.05, 0) is 38.6 Å². The van der Waals surface area contributed by atoms with E-state index in [4.69, 9.17) is 0 Å². The third-order valence-corrected chi connectivity index (χ3v) is 3.93. The van der Waals surface area contributed by atoms with E-state index < -0.39 is 0 Å². The monoisotopic (exact) mass is 277 g/mol. The molecule has 20 heavy (non-hydrogen) atoms. The van der Waals surface area contributed by atoms with Gasteiger partial charge in [-0.15, -0.1) is 5.10 Å². The van der Waals surface area contributed by atoms with Crippen LogP contribution in [0.25, 0.3) is 0 Å². The Bertz CT molecular complexity index is 392. The molecule has 0 saturated carbocycles. The quantitative estimate of drug-likeness (QED) is 0.799. The van der Waals surface area contributed by atoms with Crippen LogP contribution in [-0.4, -0.2) is 53.9 Å². The number of hydrogen-bond donors (Lipinski definition) is 1. The predicted octanol–water partition coefficient (Wildman–Crippen LogP) is 1.51. The minimum Gasteiger partial charge on any atom is -0.352 e. The molecule has 5 nitrogen and oxygen atoms in total. The van der Waals surface area contributed by atoms with Crippen molar-refractivity contribution in [1.29, 1.82) is 0 Å². The van der Waals surface area contributed by atoms with Gasteiger partial charge in [0.2, 0.25) is 0 Å². The lowest BCUT2D eigenvalue weighted by Crippen LogP contribution is -2.52. The van der Waals surface area contributed by atoms with Crippen LogP contribution in [0.1, 0.15) is 32.9 Å². The van der Waals surface area contributed by atoms with E-state index in [2.05, 4.69) is 58.2 Å². The van der Waals surface area contributed by atoms with Gasteiger partial charge in [0.15, 0.2) is 5.82 Å². The van der Waals surface area contributed by atoms with Crippen LogP contribution >= 0.6 is 0 Å². The van der Waals surface area contributed by atoms with Crippen molar-refractivity contribution in [2.24, 2.45) is 0 Å². The lowest BCUT2D eigenvalue weighted by molar-refractivity contribution is 0.199. The second-order valence-corrected chi connectivity index (χ2v) is 5.48. The molecule has 0 spiro atoms. The smallest absolute Gasteiger partial charge is 0.151 e. The molecule has 0 aliphatic carbocycles. The van der Waals surface area contributed by atoms with Gasteiger partial charge in [-0.25, -0.2) is 0 Å². The molecule has 1 unspecified atom stereocenters. The molecule has 1 aliphatic heterocycles. The Balaban J connectivity index is 1.90. The van der Waals surface area contributed by atoms with Crippen LogP contribution < -0.4 is 10.2 Å². The van der Waals surface area contributed by atoms with Gasteiger partial charge in [-0.1, -0.05) is 13.8 Å². The molecule has 0 bridgehead atoms. The molecule has 1 saturated heterocycles. The molecule has 1 aromatic rings. The average molecular weight is 277 g/mol. The maximum atomic E-state index is 4.38. The highest BCUT2D eigenvalue weighted by atomic mass is 15.3. The summed E-state index contributed by atoms with van der Waals surface area (Å²) in [4.78, 5) is 4.85. The fourth-order valence-corrected chi connectivity index (χ4v) is 2.68. The Labute approximate surface area is 122 Å². The summed E-state index contributed by atoms with van der Waals surface area (Å²) in [5, 5.41) is 12.1. The second-order valence-electron chi connectivity index (χ2n) is 5.48.